The third-order valence-corrected chi connectivity index (χ3v) is 4.07. The summed E-state index contributed by atoms with van der Waals surface area (Å²) in [5, 5.41) is 9.98. The van der Waals surface area contributed by atoms with Gasteiger partial charge in [0.2, 0.25) is 5.91 Å². The lowest BCUT2D eigenvalue weighted by Gasteiger charge is -2.28. The van der Waals surface area contributed by atoms with Crippen LogP contribution < -0.4 is 5.73 Å². The van der Waals surface area contributed by atoms with Crippen LogP contribution in [0.5, 0.6) is 0 Å². The van der Waals surface area contributed by atoms with Gasteiger partial charge in [-0.1, -0.05) is 28.1 Å². The molecule has 1 aromatic carbocycles. The SMILES string of the molecule is CN(CC(O)C1CC1)C(C(N)=O)c1ccc(Br)cc1. The number of carbonyl (C=O) groups is 1. The molecule has 1 aliphatic rings. The summed E-state index contributed by atoms with van der Waals surface area (Å²) in [6.45, 7) is 0.467. The monoisotopic (exact) mass is 326 g/mol. The molecule has 19 heavy (non-hydrogen) atoms. The van der Waals surface area contributed by atoms with Gasteiger partial charge in [-0.05, 0) is 43.5 Å². The van der Waals surface area contributed by atoms with E-state index in [1.54, 1.807) is 0 Å². The fourth-order valence-corrected chi connectivity index (χ4v) is 2.58. The molecule has 0 saturated heterocycles. The maximum Gasteiger partial charge on any atom is 0.239 e. The summed E-state index contributed by atoms with van der Waals surface area (Å²) in [7, 11) is 1.82. The van der Waals surface area contributed by atoms with Gasteiger partial charge >= 0.3 is 0 Å². The molecule has 0 bridgehead atoms. The fraction of sp³-hybridized carbons (Fsp3) is 0.500. The molecule has 104 valence electrons. The molecule has 1 amide bonds. The Morgan fingerprint density at radius 1 is 1.47 bits per heavy atom. The molecule has 0 radical (unpaired) electrons. The van der Waals surface area contributed by atoms with Crippen LogP contribution in [0.15, 0.2) is 28.7 Å². The highest BCUT2D eigenvalue weighted by Crippen LogP contribution is 2.33. The van der Waals surface area contributed by atoms with E-state index < -0.39 is 11.9 Å². The summed E-state index contributed by atoms with van der Waals surface area (Å²) < 4.78 is 0.958. The van der Waals surface area contributed by atoms with Crippen molar-refractivity contribution in [1.29, 1.82) is 0 Å². The van der Waals surface area contributed by atoms with Crippen molar-refractivity contribution in [3.05, 3.63) is 34.3 Å². The van der Waals surface area contributed by atoms with Gasteiger partial charge in [-0.2, -0.15) is 0 Å². The van der Waals surface area contributed by atoms with E-state index in [0.29, 0.717) is 12.5 Å². The maximum absolute atomic E-state index is 11.7. The van der Waals surface area contributed by atoms with Crippen LogP contribution in [0.2, 0.25) is 0 Å². The van der Waals surface area contributed by atoms with Gasteiger partial charge in [0.05, 0.1) is 6.10 Å². The molecule has 1 aliphatic carbocycles. The van der Waals surface area contributed by atoms with Crippen LogP contribution in [0.25, 0.3) is 0 Å². The van der Waals surface area contributed by atoms with Crippen LogP contribution in [0.3, 0.4) is 0 Å². The molecule has 0 spiro atoms. The number of rotatable bonds is 6. The van der Waals surface area contributed by atoms with Crippen molar-refractivity contribution in [3.63, 3.8) is 0 Å². The number of carbonyl (C=O) groups excluding carboxylic acids is 1. The van der Waals surface area contributed by atoms with Crippen molar-refractivity contribution in [1.82, 2.24) is 4.90 Å². The molecule has 2 rings (SSSR count). The van der Waals surface area contributed by atoms with Gasteiger partial charge in [0, 0.05) is 11.0 Å². The van der Waals surface area contributed by atoms with Crippen LogP contribution >= 0.6 is 15.9 Å². The summed E-state index contributed by atoms with van der Waals surface area (Å²) >= 11 is 3.37. The number of nitrogens with two attached hydrogens (primary N) is 1. The van der Waals surface area contributed by atoms with Gasteiger partial charge in [0.15, 0.2) is 0 Å². The first-order chi connectivity index (χ1) is 8.99. The number of nitrogens with zero attached hydrogens (tertiary/aromatic N) is 1. The lowest BCUT2D eigenvalue weighted by atomic mass is 10.0. The summed E-state index contributed by atoms with van der Waals surface area (Å²) in [4.78, 5) is 13.5. The number of aliphatic hydroxyl groups excluding tert-OH is 1. The van der Waals surface area contributed by atoms with Gasteiger partial charge in [-0.3, -0.25) is 9.69 Å². The Bertz CT molecular complexity index is 445. The zero-order chi connectivity index (χ0) is 14.0. The summed E-state index contributed by atoms with van der Waals surface area (Å²) in [5.74, 6) is -0.00582. The Morgan fingerprint density at radius 3 is 2.53 bits per heavy atom. The van der Waals surface area contributed by atoms with E-state index in [4.69, 9.17) is 5.73 Å². The summed E-state index contributed by atoms with van der Waals surface area (Å²) in [5.41, 5.74) is 6.35. The van der Waals surface area contributed by atoms with E-state index in [1.165, 1.54) is 0 Å². The fourth-order valence-electron chi connectivity index (χ4n) is 2.31. The highest BCUT2D eigenvalue weighted by Gasteiger charge is 2.32. The first-order valence-corrected chi connectivity index (χ1v) is 7.21. The molecule has 0 aromatic heterocycles. The van der Waals surface area contributed by atoms with Crippen molar-refractivity contribution < 1.29 is 9.90 Å². The van der Waals surface area contributed by atoms with Gasteiger partial charge in [-0.25, -0.2) is 0 Å². The number of primary amides is 1. The summed E-state index contributed by atoms with van der Waals surface area (Å²) in [6.07, 6.45) is 1.78. The van der Waals surface area contributed by atoms with Crippen molar-refractivity contribution in [2.75, 3.05) is 13.6 Å². The van der Waals surface area contributed by atoms with Gasteiger partial charge in [0.1, 0.15) is 6.04 Å². The average molecular weight is 327 g/mol. The molecule has 1 saturated carbocycles. The number of halogens is 1. The van der Waals surface area contributed by atoms with Crippen LogP contribution in [-0.2, 0) is 4.79 Å². The molecule has 0 heterocycles. The van der Waals surface area contributed by atoms with E-state index in [0.717, 1.165) is 22.9 Å². The van der Waals surface area contributed by atoms with Crippen molar-refractivity contribution in [2.24, 2.45) is 11.7 Å². The number of benzene rings is 1. The van der Waals surface area contributed by atoms with E-state index in [-0.39, 0.29) is 6.10 Å². The van der Waals surface area contributed by atoms with Crippen LogP contribution in [0, 0.1) is 5.92 Å². The minimum atomic E-state index is -0.499. The molecule has 3 N–H and O–H groups in total. The third-order valence-electron chi connectivity index (χ3n) is 3.54. The first kappa shape index (κ1) is 14.5. The minimum absolute atomic E-state index is 0.373. The third kappa shape index (κ3) is 3.78. The molecular weight excluding hydrogens is 308 g/mol. The predicted molar refractivity (Wildman–Crippen MR) is 77.4 cm³/mol. The molecule has 2 unspecified atom stereocenters. The Kier molecular flexibility index (Phi) is 4.60. The zero-order valence-electron chi connectivity index (χ0n) is 10.9. The van der Waals surface area contributed by atoms with E-state index in [2.05, 4.69) is 15.9 Å². The van der Waals surface area contributed by atoms with Crippen molar-refractivity contribution >= 4 is 21.8 Å². The van der Waals surface area contributed by atoms with Gasteiger partial charge in [-0.15, -0.1) is 0 Å². The molecule has 4 nitrogen and oxygen atoms in total. The number of aliphatic hydroxyl groups is 1. The Labute approximate surface area is 121 Å². The molecule has 5 heteroatoms. The average Bonchev–Trinajstić information content (AvgIpc) is 3.15. The Balaban J connectivity index is 2.10. The standard InChI is InChI=1S/C14H19BrN2O2/c1-17(8-12(18)9-2-3-9)13(14(16)19)10-4-6-11(15)7-5-10/h4-7,9,12-13,18H,2-3,8H2,1H3,(H2,16,19). The zero-order valence-corrected chi connectivity index (χ0v) is 12.5. The second-order valence-electron chi connectivity index (χ2n) is 5.20. The highest BCUT2D eigenvalue weighted by molar-refractivity contribution is 9.10. The number of amides is 1. The lowest BCUT2D eigenvalue weighted by Crippen LogP contribution is -2.40. The highest BCUT2D eigenvalue weighted by atomic mass is 79.9. The second-order valence-corrected chi connectivity index (χ2v) is 6.12. The lowest BCUT2D eigenvalue weighted by molar-refractivity contribution is -0.123. The molecular formula is C14H19BrN2O2. The van der Waals surface area contributed by atoms with Crippen molar-refractivity contribution in [3.8, 4) is 0 Å². The Hall–Kier alpha value is -0.910. The first-order valence-electron chi connectivity index (χ1n) is 6.42. The quantitative estimate of drug-likeness (QED) is 0.835. The van der Waals surface area contributed by atoms with Crippen LogP contribution in [0.1, 0.15) is 24.4 Å². The van der Waals surface area contributed by atoms with Crippen LogP contribution in [-0.4, -0.2) is 35.6 Å². The number of hydrogen-bond donors (Lipinski definition) is 2. The molecule has 2 atom stereocenters. The molecule has 0 aliphatic heterocycles. The van der Waals surface area contributed by atoms with Gasteiger partial charge < -0.3 is 10.8 Å². The molecule has 1 fully saturated rings. The largest absolute Gasteiger partial charge is 0.392 e. The van der Waals surface area contributed by atoms with Crippen molar-refractivity contribution in [2.45, 2.75) is 25.0 Å². The molecule has 1 aromatic rings. The Morgan fingerprint density at radius 2 is 2.05 bits per heavy atom. The number of likely N-dealkylation sites (N-methyl/N-ethyl adjacent to an activating group) is 1. The topological polar surface area (TPSA) is 66.6 Å². The van der Waals surface area contributed by atoms with E-state index >= 15 is 0 Å². The second kappa shape index (κ2) is 6.03. The van der Waals surface area contributed by atoms with Crippen LogP contribution in [0.4, 0.5) is 0 Å². The normalized spacial score (nSPS) is 18.3. The van der Waals surface area contributed by atoms with E-state index in [9.17, 15) is 9.90 Å². The predicted octanol–water partition coefficient (Wildman–Crippen LogP) is 1.68. The number of hydrogen-bond acceptors (Lipinski definition) is 3. The smallest absolute Gasteiger partial charge is 0.239 e. The van der Waals surface area contributed by atoms with Gasteiger partial charge in [0.25, 0.3) is 0 Å². The van der Waals surface area contributed by atoms with E-state index in [1.807, 2.05) is 36.2 Å². The summed E-state index contributed by atoms with van der Waals surface area (Å²) in [6, 6.07) is 7.02. The minimum Gasteiger partial charge on any atom is -0.392 e. The maximum atomic E-state index is 11.7.